The molecule has 1 N–H and O–H groups in total. The molecule has 6 rings (SSSR count). The Labute approximate surface area is 209 Å². The molecule has 2 saturated heterocycles. The number of imide groups is 1. The number of rotatable bonds is 4. The number of aryl methyl sites for hydroxylation is 1. The van der Waals surface area contributed by atoms with Gasteiger partial charge < -0.3 is 9.64 Å². The Morgan fingerprint density at radius 1 is 1.03 bits per heavy atom. The summed E-state index contributed by atoms with van der Waals surface area (Å²) in [6.45, 7) is 3.75. The van der Waals surface area contributed by atoms with Gasteiger partial charge in [-0.25, -0.2) is 4.39 Å². The van der Waals surface area contributed by atoms with Crippen LogP contribution in [0.25, 0.3) is 0 Å². The highest BCUT2D eigenvalue weighted by Crippen LogP contribution is 2.38. The maximum absolute atomic E-state index is 14.6. The van der Waals surface area contributed by atoms with Gasteiger partial charge in [-0.3, -0.25) is 24.6 Å². The van der Waals surface area contributed by atoms with E-state index in [4.69, 9.17) is 4.74 Å². The summed E-state index contributed by atoms with van der Waals surface area (Å²) in [5.41, 5.74) is 4.65. The Kier molecular flexibility index (Phi) is 5.99. The highest BCUT2D eigenvalue weighted by atomic mass is 19.1. The molecular formula is C28H30FN3O4. The van der Waals surface area contributed by atoms with Crippen molar-refractivity contribution in [3.8, 4) is 5.75 Å². The number of hydrogen-bond acceptors (Lipinski definition) is 5. The van der Waals surface area contributed by atoms with Gasteiger partial charge in [0.05, 0.1) is 6.61 Å². The van der Waals surface area contributed by atoms with Crippen LogP contribution in [-0.2, 0) is 29.1 Å². The Morgan fingerprint density at radius 2 is 1.86 bits per heavy atom. The first-order chi connectivity index (χ1) is 17.5. The number of amides is 3. The van der Waals surface area contributed by atoms with Crippen LogP contribution in [0.4, 0.5) is 4.39 Å². The first-order valence-electron chi connectivity index (χ1n) is 12.9. The van der Waals surface area contributed by atoms with Gasteiger partial charge in [0.1, 0.15) is 17.6 Å². The van der Waals surface area contributed by atoms with Gasteiger partial charge in [0.25, 0.3) is 5.91 Å². The minimum atomic E-state index is -0.692. The summed E-state index contributed by atoms with van der Waals surface area (Å²) in [5.74, 6) is -0.337. The third-order valence-corrected chi connectivity index (χ3v) is 8.06. The summed E-state index contributed by atoms with van der Waals surface area (Å²) >= 11 is 0. The molecule has 1 atom stereocenters. The average molecular weight is 492 g/mol. The van der Waals surface area contributed by atoms with Gasteiger partial charge in [0, 0.05) is 25.1 Å². The van der Waals surface area contributed by atoms with Crippen LogP contribution in [0.15, 0.2) is 30.3 Å². The molecule has 3 amide bonds. The molecule has 8 heteroatoms. The first-order valence-corrected chi connectivity index (χ1v) is 12.9. The molecule has 1 unspecified atom stereocenters. The van der Waals surface area contributed by atoms with Gasteiger partial charge in [0.2, 0.25) is 11.8 Å². The van der Waals surface area contributed by atoms with Gasteiger partial charge in [-0.2, -0.15) is 0 Å². The second kappa shape index (κ2) is 9.32. The summed E-state index contributed by atoms with van der Waals surface area (Å²) in [6.07, 6.45) is 4.39. The Bertz CT molecular complexity index is 1240. The second-order valence-corrected chi connectivity index (χ2v) is 10.4. The van der Waals surface area contributed by atoms with E-state index in [1.165, 1.54) is 22.1 Å². The maximum atomic E-state index is 14.6. The molecule has 4 heterocycles. The molecule has 0 saturated carbocycles. The van der Waals surface area contributed by atoms with Crippen molar-refractivity contribution < 1.29 is 23.5 Å². The molecule has 0 radical (unpaired) electrons. The number of nitrogens with one attached hydrogen (secondary N) is 1. The van der Waals surface area contributed by atoms with E-state index in [0.717, 1.165) is 68.8 Å². The number of nitrogens with zero attached hydrogens (tertiary/aromatic N) is 2. The minimum Gasteiger partial charge on any atom is -0.493 e. The smallest absolute Gasteiger partial charge is 0.255 e. The monoisotopic (exact) mass is 491 g/mol. The van der Waals surface area contributed by atoms with E-state index < -0.39 is 17.8 Å². The van der Waals surface area contributed by atoms with Crippen LogP contribution in [0, 0.1) is 5.82 Å². The lowest BCUT2D eigenvalue weighted by atomic mass is 9.85. The number of carbonyl (C=O) groups is 3. The molecular weight excluding hydrogens is 461 g/mol. The molecule has 2 aromatic rings. The summed E-state index contributed by atoms with van der Waals surface area (Å²) in [6, 6.07) is 8.66. The largest absolute Gasteiger partial charge is 0.493 e. The van der Waals surface area contributed by atoms with E-state index in [-0.39, 0.29) is 30.7 Å². The topological polar surface area (TPSA) is 79.0 Å². The van der Waals surface area contributed by atoms with Crippen molar-refractivity contribution in [3.63, 3.8) is 0 Å². The van der Waals surface area contributed by atoms with Crippen LogP contribution in [-0.4, -0.2) is 53.3 Å². The molecule has 2 aromatic carbocycles. The fraction of sp³-hybridized carbons (Fsp3) is 0.464. The highest BCUT2D eigenvalue weighted by Gasteiger charge is 2.41. The quantitative estimate of drug-likeness (QED) is 0.664. The van der Waals surface area contributed by atoms with Crippen LogP contribution in [0.3, 0.4) is 0 Å². The van der Waals surface area contributed by atoms with Gasteiger partial charge in [0.15, 0.2) is 0 Å². The molecule has 188 valence electrons. The normalized spacial score (nSPS) is 22.8. The van der Waals surface area contributed by atoms with Crippen LogP contribution < -0.4 is 10.1 Å². The molecule has 4 aliphatic heterocycles. The van der Waals surface area contributed by atoms with Crippen molar-refractivity contribution in [1.82, 2.24) is 15.1 Å². The van der Waals surface area contributed by atoms with E-state index in [0.29, 0.717) is 12.0 Å². The lowest BCUT2D eigenvalue weighted by Crippen LogP contribution is -2.52. The molecule has 0 bridgehead atoms. The molecule has 2 fully saturated rings. The fourth-order valence-electron chi connectivity index (χ4n) is 6.19. The molecule has 7 nitrogen and oxygen atoms in total. The number of likely N-dealkylation sites (tertiary alicyclic amines) is 1. The Hall–Kier alpha value is -3.26. The number of hydrogen-bond donors (Lipinski definition) is 1. The van der Waals surface area contributed by atoms with Crippen molar-refractivity contribution in [2.75, 3.05) is 19.7 Å². The van der Waals surface area contributed by atoms with Crippen LogP contribution >= 0.6 is 0 Å². The zero-order valence-electron chi connectivity index (χ0n) is 20.2. The predicted molar refractivity (Wildman–Crippen MR) is 130 cm³/mol. The summed E-state index contributed by atoms with van der Waals surface area (Å²) in [7, 11) is 0. The van der Waals surface area contributed by atoms with Crippen LogP contribution in [0.1, 0.15) is 70.6 Å². The fourth-order valence-corrected chi connectivity index (χ4v) is 6.19. The van der Waals surface area contributed by atoms with Crippen LogP contribution in [0.5, 0.6) is 5.75 Å². The van der Waals surface area contributed by atoms with Crippen LogP contribution in [0.2, 0.25) is 0 Å². The van der Waals surface area contributed by atoms with Crippen molar-refractivity contribution in [3.05, 3.63) is 64.0 Å². The lowest BCUT2D eigenvalue weighted by molar-refractivity contribution is -0.136. The number of benzene rings is 2. The highest BCUT2D eigenvalue weighted by molar-refractivity contribution is 6.05. The second-order valence-electron chi connectivity index (χ2n) is 10.4. The number of fused-ring (bicyclic) bond motifs is 2. The average Bonchev–Trinajstić information content (AvgIpc) is 3.20. The van der Waals surface area contributed by atoms with Gasteiger partial charge in [-0.15, -0.1) is 0 Å². The van der Waals surface area contributed by atoms with Crippen molar-refractivity contribution in [1.29, 1.82) is 0 Å². The number of piperidine rings is 2. The van der Waals surface area contributed by atoms with Crippen molar-refractivity contribution >= 4 is 17.7 Å². The Balaban J connectivity index is 1.15. The molecule has 36 heavy (non-hydrogen) atoms. The zero-order valence-corrected chi connectivity index (χ0v) is 20.2. The van der Waals surface area contributed by atoms with E-state index in [1.807, 2.05) is 0 Å². The summed E-state index contributed by atoms with van der Waals surface area (Å²) in [5, 5.41) is 2.33. The zero-order chi connectivity index (χ0) is 24.8. The van der Waals surface area contributed by atoms with Crippen molar-refractivity contribution in [2.45, 2.75) is 63.6 Å². The number of carbonyl (C=O) groups excluding carboxylic acids is 3. The molecule has 0 spiro atoms. The third kappa shape index (κ3) is 4.28. The van der Waals surface area contributed by atoms with Gasteiger partial charge in [-0.05, 0) is 91.6 Å². The summed E-state index contributed by atoms with van der Waals surface area (Å²) in [4.78, 5) is 41.0. The van der Waals surface area contributed by atoms with Gasteiger partial charge >= 0.3 is 0 Å². The Morgan fingerprint density at radius 3 is 2.67 bits per heavy atom. The van der Waals surface area contributed by atoms with E-state index in [9.17, 15) is 18.8 Å². The van der Waals surface area contributed by atoms with Crippen molar-refractivity contribution in [2.24, 2.45) is 0 Å². The SMILES string of the molecule is O=C1CCC(N2Cc3c(cc(F)cc3C3CCN(Cc4ccc5c(c4)CCCO5)CC3)C2=O)C(=O)N1. The molecule has 0 aromatic heterocycles. The van der Waals surface area contributed by atoms with E-state index in [1.54, 1.807) is 6.07 Å². The first kappa shape index (κ1) is 23.2. The summed E-state index contributed by atoms with van der Waals surface area (Å²) < 4.78 is 20.4. The molecule has 0 aliphatic carbocycles. The number of ether oxygens (including phenoxy) is 1. The standard InChI is InChI=1S/C28H30FN3O4/c29-20-13-21(23-16-32(28(35)22(23)14-20)24-4-6-26(33)30-27(24)34)18-7-9-31(10-8-18)15-17-3-5-25-19(12-17)2-1-11-36-25/h3,5,12-14,18,24H,1-2,4,6-11,15-16H2,(H,30,33,34). The van der Waals surface area contributed by atoms with E-state index in [2.05, 4.69) is 28.4 Å². The number of halogens is 1. The maximum Gasteiger partial charge on any atom is 0.255 e. The predicted octanol–water partition coefficient (Wildman–Crippen LogP) is 3.29. The molecule has 4 aliphatic rings. The third-order valence-electron chi connectivity index (χ3n) is 8.06. The van der Waals surface area contributed by atoms with E-state index >= 15 is 0 Å². The van der Waals surface area contributed by atoms with Gasteiger partial charge in [-0.1, -0.05) is 12.1 Å². The minimum absolute atomic E-state index is 0.164. The lowest BCUT2D eigenvalue weighted by Gasteiger charge is -2.33.